The monoisotopic (exact) mass is 377 g/mol. The first-order valence-corrected chi connectivity index (χ1v) is 8.80. The summed E-state index contributed by atoms with van der Waals surface area (Å²) in [6.07, 6.45) is 0. The van der Waals surface area contributed by atoms with E-state index in [0.717, 1.165) is 11.4 Å². The van der Waals surface area contributed by atoms with Crippen LogP contribution in [0.3, 0.4) is 0 Å². The summed E-state index contributed by atoms with van der Waals surface area (Å²) < 4.78 is 7.05. The number of methoxy groups -OCH3 is 1. The topological polar surface area (TPSA) is 81.4 Å². The Bertz CT molecular complexity index is 944. The number of thioether (sulfide) groups is 1. The van der Waals surface area contributed by atoms with Crippen molar-refractivity contribution in [2.75, 3.05) is 18.2 Å². The minimum absolute atomic E-state index is 0.170. The molecule has 0 bridgehead atoms. The number of nitrogens with zero attached hydrogens (tertiary/aromatic N) is 4. The Morgan fingerprint density at radius 3 is 2.88 bits per heavy atom. The van der Waals surface area contributed by atoms with Gasteiger partial charge in [-0.1, -0.05) is 23.4 Å². The van der Waals surface area contributed by atoms with E-state index in [1.54, 1.807) is 18.2 Å². The lowest BCUT2D eigenvalue weighted by molar-refractivity contribution is -0.113. The maximum atomic E-state index is 12.3. The van der Waals surface area contributed by atoms with Crippen LogP contribution < -0.4 is 10.1 Å². The molecule has 0 atom stereocenters. The second-order valence-electron chi connectivity index (χ2n) is 5.34. The number of halogens is 1. The zero-order valence-electron chi connectivity index (χ0n) is 13.9. The maximum absolute atomic E-state index is 12.3. The number of carbonyl (C=O) groups is 1. The zero-order chi connectivity index (χ0) is 18.0. The van der Waals surface area contributed by atoms with Crippen LogP contribution in [0.5, 0.6) is 5.75 Å². The Hall–Kier alpha value is -2.32. The summed E-state index contributed by atoms with van der Waals surface area (Å²) in [6, 6.07) is 6.99. The fraction of sp³-hybridized carbons (Fsp3) is 0.250. The average Bonchev–Trinajstić information content (AvgIpc) is 2.96. The van der Waals surface area contributed by atoms with Crippen molar-refractivity contribution in [3.8, 4) is 5.75 Å². The first-order valence-electron chi connectivity index (χ1n) is 7.43. The van der Waals surface area contributed by atoms with E-state index in [2.05, 4.69) is 20.5 Å². The number of nitrogens with one attached hydrogen (secondary N) is 1. The number of fused-ring (bicyclic) bond motifs is 1. The van der Waals surface area contributed by atoms with Crippen molar-refractivity contribution in [3.05, 3.63) is 40.7 Å². The van der Waals surface area contributed by atoms with E-state index in [1.807, 2.05) is 24.3 Å². The number of hydrogen-bond acceptors (Lipinski definition) is 6. The van der Waals surface area contributed by atoms with Gasteiger partial charge in [-0.25, -0.2) is 4.98 Å². The molecule has 0 aliphatic carbocycles. The van der Waals surface area contributed by atoms with Gasteiger partial charge in [0, 0.05) is 16.4 Å². The molecule has 25 heavy (non-hydrogen) atoms. The van der Waals surface area contributed by atoms with Gasteiger partial charge in [0.15, 0.2) is 5.16 Å². The highest BCUT2D eigenvalue weighted by atomic mass is 35.5. The molecule has 7 nitrogen and oxygen atoms in total. The minimum Gasteiger partial charge on any atom is -0.495 e. The molecule has 2 aromatic heterocycles. The van der Waals surface area contributed by atoms with E-state index in [4.69, 9.17) is 16.3 Å². The Morgan fingerprint density at radius 1 is 1.32 bits per heavy atom. The van der Waals surface area contributed by atoms with Crippen molar-refractivity contribution in [2.45, 2.75) is 19.0 Å². The fourth-order valence-electron chi connectivity index (χ4n) is 2.39. The molecule has 9 heteroatoms. The molecule has 0 fully saturated rings. The van der Waals surface area contributed by atoms with E-state index in [0.29, 0.717) is 27.4 Å². The lowest BCUT2D eigenvalue weighted by atomic mass is 10.3. The molecule has 3 aromatic rings. The van der Waals surface area contributed by atoms with Gasteiger partial charge in [0.2, 0.25) is 5.91 Å². The van der Waals surface area contributed by atoms with Gasteiger partial charge in [0.25, 0.3) is 5.78 Å². The number of anilines is 1. The Morgan fingerprint density at radius 2 is 2.12 bits per heavy atom. The molecule has 130 valence electrons. The average molecular weight is 378 g/mol. The first-order chi connectivity index (χ1) is 12.0. The highest BCUT2D eigenvalue weighted by Gasteiger charge is 2.13. The molecular formula is C16H16ClN5O2S. The normalized spacial score (nSPS) is 10.9. The Kier molecular flexibility index (Phi) is 5.10. The quantitative estimate of drug-likeness (QED) is 0.688. The number of rotatable bonds is 5. The molecule has 1 aromatic carbocycles. The van der Waals surface area contributed by atoms with Crippen molar-refractivity contribution >= 4 is 40.7 Å². The summed E-state index contributed by atoms with van der Waals surface area (Å²) >= 11 is 7.26. The molecule has 0 aliphatic heterocycles. The van der Waals surface area contributed by atoms with E-state index in [-0.39, 0.29) is 11.7 Å². The molecule has 0 unspecified atom stereocenters. The van der Waals surface area contributed by atoms with Crippen molar-refractivity contribution in [2.24, 2.45) is 0 Å². The predicted molar refractivity (Wildman–Crippen MR) is 97.6 cm³/mol. The van der Waals surface area contributed by atoms with Crippen LogP contribution in [0.25, 0.3) is 5.78 Å². The molecule has 0 spiro atoms. The largest absolute Gasteiger partial charge is 0.495 e. The smallest absolute Gasteiger partial charge is 0.256 e. The summed E-state index contributed by atoms with van der Waals surface area (Å²) in [6.45, 7) is 3.85. The third-order valence-corrected chi connectivity index (χ3v) is 4.60. The van der Waals surface area contributed by atoms with Crippen molar-refractivity contribution in [3.63, 3.8) is 0 Å². The van der Waals surface area contributed by atoms with Crippen LogP contribution in [0.15, 0.2) is 29.4 Å². The fourth-order valence-corrected chi connectivity index (χ4v) is 3.35. The molecule has 0 radical (unpaired) electrons. The number of aromatic nitrogens is 4. The molecule has 0 saturated carbocycles. The molecule has 2 heterocycles. The Labute approximate surface area is 153 Å². The van der Waals surface area contributed by atoms with Crippen molar-refractivity contribution in [1.29, 1.82) is 0 Å². The second kappa shape index (κ2) is 7.28. The third-order valence-electron chi connectivity index (χ3n) is 3.43. The predicted octanol–water partition coefficient (Wildman–Crippen LogP) is 3.13. The van der Waals surface area contributed by atoms with Crippen LogP contribution in [0, 0.1) is 13.8 Å². The number of aryl methyl sites for hydroxylation is 2. The number of amides is 1. The highest BCUT2D eigenvalue weighted by molar-refractivity contribution is 7.99. The lowest BCUT2D eigenvalue weighted by Crippen LogP contribution is -2.15. The summed E-state index contributed by atoms with van der Waals surface area (Å²) in [5, 5.41) is 12.1. The van der Waals surface area contributed by atoms with Crippen LogP contribution in [0.2, 0.25) is 5.02 Å². The Balaban J connectivity index is 1.72. The maximum Gasteiger partial charge on any atom is 0.256 e. The first kappa shape index (κ1) is 17.5. The van der Waals surface area contributed by atoms with E-state index >= 15 is 0 Å². The van der Waals surface area contributed by atoms with Gasteiger partial charge < -0.3 is 10.1 Å². The van der Waals surface area contributed by atoms with Gasteiger partial charge in [-0.2, -0.15) is 0 Å². The minimum atomic E-state index is -0.194. The van der Waals surface area contributed by atoms with Crippen LogP contribution in [-0.2, 0) is 4.79 Å². The number of hydrogen-bond donors (Lipinski definition) is 1. The van der Waals surface area contributed by atoms with Crippen LogP contribution >= 0.6 is 23.4 Å². The highest BCUT2D eigenvalue weighted by Crippen LogP contribution is 2.28. The molecular weight excluding hydrogens is 362 g/mol. The van der Waals surface area contributed by atoms with E-state index in [1.165, 1.54) is 18.9 Å². The summed E-state index contributed by atoms with van der Waals surface area (Å²) in [5.41, 5.74) is 2.37. The molecule has 0 aliphatic rings. The van der Waals surface area contributed by atoms with Gasteiger partial charge in [-0.15, -0.1) is 10.2 Å². The van der Waals surface area contributed by atoms with Gasteiger partial charge in [-0.3, -0.25) is 9.20 Å². The van der Waals surface area contributed by atoms with Gasteiger partial charge in [0.05, 0.1) is 18.6 Å². The van der Waals surface area contributed by atoms with E-state index in [9.17, 15) is 4.79 Å². The number of ether oxygens (including phenoxy) is 1. The molecule has 3 rings (SSSR count). The van der Waals surface area contributed by atoms with Crippen molar-refractivity contribution < 1.29 is 9.53 Å². The van der Waals surface area contributed by atoms with Gasteiger partial charge in [0.1, 0.15) is 5.75 Å². The van der Waals surface area contributed by atoms with Gasteiger partial charge in [-0.05, 0) is 38.1 Å². The lowest BCUT2D eigenvalue weighted by Gasteiger charge is -2.10. The van der Waals surface area contributed by atoms with E-state index < -0.39 is 0 Å². The third kappa shape index (κ3) is 3.85. The number of carbonyl (C=O) groups excluding carboxylic acids is 1. The summed E-state index contributed by atoms with van der Waals surface area (Å²) in [4.78, 5) is 16.6. The number of benzene rings is 1. The SMILES string of the molecule is COc1ccc(Cl)cc1NC(=O)CSc1nnc2nc(C)cc(C)n12. The van der Waals surface area contributed by atoms with Crippen molar-refractivity contribution in [1.82, 2.24) is 19.6 Å². The molecule has 1 N–H and O–H groups in total. The van der Waals surface area contributed by atoms with Gasteiger partial charge >= 0.3 is 0 Å². The summed E-state index contributed by atoms with van der Waals surface area (Å²) in [7, 11) is 1.54. The summed E-state index contributed by atoms with van der Waals surface area (Å²) in [5.74, 6) is 1.05. The van der Waals surface area contributed by atoms with Crippen LogP contribution in [0.4, 0.5) is 5.69 Å². The molecule has 1 amide bonds. The van der Waals surface area contributed by atoms with Crippen LogP contribution in [0.1, 0.15) is 11.4 Å². The second-order valence-corrected chi connectivity index (χ2v) is 6.72. The van der Waals surface area contributed by atoms with Crippen LogP contribution in [-0.4, -0.2) is 38.4 Å². The standard InChI is InChI=1S/C16H16ClN5O2S/c1-9-6-10(2)22-15(18-9)20-21-16(22)25-8-14(23)19-12-7-11(17)4-5-13(12)24-3/h4-7H,8H2,1-3H3,(H,19,23). The molecule has 0 saturated heterocycles. The zero-order valence-corrected chi connectivity index (χ0v) is 15.5.